The number of carbonyl (C=O) groups is 1. The second-order valence-corrected chi connectivity index (χ2v) is 17.8. The Hall–Kier alpha value is -3.07. The first-order valence-corrected chi connectivity index (χ1v) is 17.7. The molecule has 0 fully saturated rings. The van der Waals surface area contributed by atoms with E-state index in [-0.39, 0.29) is 23.0 Å². The summed E-state index contributed by atoms with van der Waals surface area (Å²) in [7, 11) is -0.394. The second kappa shape index (κ2) is 11.4. The highest BCUT2D eigenvalue weighted by Crippen LogP contribution is 2.41. The Morgan fingerprint density at radius 3 is 2.52 bits per heavy atom. The smallest absolute Gasteiger partial charge is 0.256 e. The molecule has 0 bridgehead atoms. The highest BCUT2D eigenvalue weighted by atomic mass is 32.1. The molecule has 5 rings (SSSR count). The number of ether oxygens (including phenoxy) is 2. The van der Waals surface area contributed by atoms with E-state index in [9.17, 15) is 4.79 Å². The largest absolute Gasteiger partial charge is 0.493 e. The molecule has 2 aromatic carbocycles. The summed E-state index contributed by atoms with van der Waals surface area (Å²) < 4.78 is 18.6. The quantitative estimate of drug-likeness (QED) is 0.282. The molecule has 1 aromatic heterocycles. The van der Waals surface area contributed by atoms with Gasteiger partial charge in [0.05, 0.1) is 37.1 Å². The summed E-state index contributed by atoms with van der Waals surface area (Å²) in [4.78, 5) is 17.6. The van der Waals surface area contributed by atoms with Crippen LogP contribution in [0.3, 0.4) is 0 Å². The van der Waals surface area contributed by atoms with E-state index in [1.807, 2.05) is 47.4 Å². The molecule has 8 heteroatoms. The third-order valence-electron chi connectivity index (χ3n) is 8.39. The van der Waals surface area contributed by atoms with Crippen LogP contribution >= 0.6 is 11.3 Å². The normalized spacial score (nSPS) is 19.2. The summed E-state index contributed by atoms with van der Waals surface area (Å²) in [5.41, 5.74) is 3.71. The van der Waals surface area contributed by atoms with Crippen LogP contribution in [-0.4, -0.2) is 51.5 Å². The van der Waals surface area contributed by atoms with Crippen molar-refractivity contribution in [1.29, 1.82) is 0 Å². The molecule has 2 aliphatic heterocycles. The van der Waals surface area contributed by atoms with Crippen molar-refractivity contribution in [2.75, 3.05) is 25.6 Å². The first kappa shape index (κ1) is 28.5. The zero-order valence-electron chi connectivity index (χ0n) is 24.3. The van der Waals surface area contributed by atoms with Crippen LogP contribution < -0.4 is 14.8 Å². The van der Waals surface area contributed by atoms with E-state index in [0.29, 0.717) is 36.8 Å². The summed E-state index contributed by atoms with van der Waals surface area (Å²) in [6, 6.07) is 17.8. The van der Waals surface area contributed by atoms with Crippen molar-refractivity contribution in [3.63, 3.8) is 0 Å². The van der Waals surface area contributed by atoms with Crippen LogP contribution in [0.5, 0.6) is 11.5 Å². The van der Waals surface area contributed by atoms with Crippen LogP contribution in [0.15, 0.2) is 66.1 Å². The van der Waals surface area contributed by atoms with Crippen LogP contribution in [0.1, 0.15) is 48.0 Å². The predicted molar refractivity (Wildman–Crippen MR) is 166 cm³/mol. The molecule has 0 radical (unpaired) electrons. The molecule has 6 nitrogen and oxygen atoms in total. The van der Waals surface area contributed by atoms with Crippen molar-refractivity contribution < 1.29 is 18.7 Å². The Bertz CT molecular complexity index is 1370. The van der Waals surface area contributed by atoms with Gasteiger partial charge in [0.25, 0.3) is 5.91 Å². The lowest BCUT2D eigenvalue weighted by Gasteiger charge is -2.43. The number of methoxy groups -OCH3 is 1. The van der Waals surface area contributed by atoms with Gasteiger partial charge in [-0.1, -0.05) is 63.2 Å². The molecule has 0 spiro atoms. The van der Waals surface area contributed by atoms with Gasteiger partial charge < -0.3 is 24.1 Å². The van der Waals surface area contributed by atoms with Gasteiger partial charge in [0.2, 0.25) is 0 Å². The molecule has 0 saturated heterocycles. The van der Waals surface area contributed by atoms with E-state index in [1.54, 1.807) is 18.4 Å². The van der Waals surface area contributed by atoms with Crippen LogP contribution in [-0.2, 0) is 11.0 Å². The lowest BCUT2D eigenvalue weighted by molar-refractivity contribution is 0.0541. The number of fused-ring (bicyclic) bond motifs is 2. The lowest BCUT2D eigenvalue weighted by atomic mass is 9.94. The van der Waals surface area contributed by atoms with Crippen molar-refractivity contribution in [2.45, 2.75) is 64.0 Å². The van der Waals surface area contributed by atoms with Gasteiger partial charge in [0.1, 0.15) is 6.61 Å². The lowest BCUT2D eigenvalue weighted by Crippen LogP contribution is -2.53. The number of rotatable bonds is 8. The van der Waals surface area contributed by atoms with Gasteiger partial charge >= 0.3 is 0 Å². The van der Waals surface area contributed by atoms with Crippen LogP contribution in [0.25, 0.3) is 5.57 Å². The molecular formula is C32H40N2O4SSi. The summed E-state index contributed by atoms with van der Waals surface area (Å²) in [5.74, 6) is 1.14. The summed E-state index contributed by atoms with van der Waals surface area (Å²) in [6.45, 7) is 12.8. The van der Waals surface area contributed by atoms with E-state index in [4.69, 9.17) is 13.9 Å². The number of hydrogen-bond donors (Lipinski definition) is 1. The first-order valence-electron chi connectivity index (χ1n) is 13.9. The average molecular weight is 577 g/mol. The highest BCUT2D eigenvalue weighted by Gasteiger charge is 2.42. The van der Waals surface area contributed by atoms with Gasteiger partial charge in [0.15, 0.2) is 19.8 Å². The van der Waals surface area contributed by atoms with E-state index in [1.165, 1.54) is 10.5 Å². The topological polar surface area (TPSA) is 60.0 Å². The fourth-order valence-corrected chi connectivity index (χ4v) is 6.83. The standard InChI is InChI=1S/C32H40N2O4SSi/c1-32(2,3)40(5,6)38-21-25-16-23(30-13-10-14-39-30)15-24-19-33-27-18-29(37-20-22-11-8-7-9-12-22)28(36-4)17-26(27)31(35)34(24)25/h7-15,17-18,24-25,33H,16,19-21H2,1-6H3/t24?,25-/m0/s1. The monoisotopic (exact) mass is 576 g/mol. The van der Waals surface area contributed by atoms with E-state index >= 15 is 0 Å². The number of nitrogens with zero attached hydrogens (tertiary/aromatic N) is 1. The third kappa shape index (κ3) is 5.85. The van der Waals surface area contributed by atoms with Crippen LogP contribution in [0.2, 0.25) is 18.1 Å². The Morgan fingerprint density at radius 2 is 1.85 bits per heavy atom. The summed E-state index contributed by atoms with van der Waals surface area (Å²) in [5, 5.41) is 5.76. The number of nitrogens with one attached hydrogen (secondary N) is 1. The van der Waals surface area contributed by atoms with Crippen molar-refractivity contribution in [2.24, 2.45) is 0 Å². The third-order valence-corrected chi connectivity index (χ3v) is 13.8. The van der Waals surface area contributed by atoms with Gasteiger partial charge in [0, 0.05) is 17.5 Å². The molecule has 2 aliphatic rings. The fourth-order valence-electron chi connectivity index (χ4n) is 5.03. The SMILES string of the molecule is COc1cc2c(cc1OCc1ccccc1)NCC1C=C(c3cccs3)C[C@@H](CO[Si](C)(C)C(C)(C)C)N1C2=O. The molecule has 3 heterocycles. The molecular weight excluding hydrogens is 537 g/mol. The minimum Gasteiger partial charge on any atom is -0.493 e. The first-order chi connectivity index (χ1) is 19.1. The number of carbonyl (C=O) groups excluding carboxylic acids is 1. The molecule has 1 amide bonds. The maximum atomic E-state index is 14.3. The van der Waals surface area contributed by atoms with Crippen LogP contribution in [0.4, 0.5) is 5.69 Å². The maximum absolute atomic E-state index is 14.3. The Kier molecular flexibility index (Phi) is 8.13. The average Bonchev–Trinajstić information content (AvgIpc) is 3.44. The van der Waals surface area contributed by atoms with Gasteiger partial charge in [-0.3, -0.25) is 4.79 Å². The molecule has 0 saturated carbocycles. The Morgan fingerprint density at radius 1 is 1.07 bits per heavy atom. The zero-order chi connectivity index (χ0) is 28.5. The molecule has 1 unspecified atom stereocenters. The minimum atomic E-state index is -2.01. The van der Waals surface area contributed by atoms with Crippen molar-refractivity contribution in [3.05, 3.63) is 82.1 Å². The molecule has 40 heavy (non-hydrogen) atoms. The van der Waals surface area contributed by atoms with Gasteiger partial charge in [-0.15, -0.1) is 11.3 Å². The van der Waals surface area contributed by atoms with Gasteiger partial charge in [-0.25, -0.2) is 0 Å². The molecule has 3 aromatic rings. The number of anilines is 1. The number of benzene rings is 2. The molecule has 2 atom stereocenters. The number of amides is 1. The highest BCUT2D eigenvalue weighted by molar-refractivity contribution is 7.11. The van der Waals surface area contributed by atoms with E-state index in [0.717, 1.165) is 17.7 Å². The summed E-state index contributed by atoms with van der Waals surface area (Å²) in [6.07, 6.45) is 3.03. The van der Waals surface area contributed by atoms with Crippen molar-refractivity contribution in [3.8, 4) is 11.5 Å². The van der Waals surface area contributed by atoms with Gasteiger partial charge in [-0.2, -0.15) is 0 Å². The maximum Gasteiger partial charge on any atom is 0.256 e. The van der Waals surface area contributed by atoms with E-state index < -0.39 is 8.32 Å². The van der Waals surface area contributed by atoms with Crippen molar-refractivity contribution >= 4 is 36.8 Å². The second-order valence-electron chi connectivity index (χ2n) is 12.1. The van der Waals surface area contributed by atoms with Gasteiger partial charge in [-0.05, 0) is 53.2 Å². The Balaban J connectivity index is 1.47. The van der Waals surface area contributed by atoms with E-state index in [2.05, 4.69) is 62.8 Å². The summed E-state index contributed by atoms with van der Waals surface area (Å²) >= 11 is 1.75. The fraction of sp³-hybridized carbons (Fsp3) is 0.406. The zero-order valence-corrected chi connectivity index (χ0v) is 26.1. The Labute approximate surface area is 243 Å². The molecule has 0 aliphatic carbocycles. The van der Waals surface area contributed by atoms with Crippen LogP contribution in [0, 0.1) is 0 Å². The minimum absolute atomic E-state index is 0.0109. The molecule has 1 N–H and O–H groups in total. The number of hydrogen-bond acceptors (Lipinski definition) is 6. The van der Waals surface area contributed by atoms with Crippen molar-refractivity contribution in [1.82, 2.24) is 4.90 Å². The molecule has 212 valence electrons. The number of thiophene rings is 1. The predicted octanol–water partition coefficient (Wildman–Crippen LogP) is 7.45.